The summed E-state index contributed by atoms with van der Waals surface area (Å²) in [6.07, 6.45) is 0. The van der Waals surface area contributed by atoms with Crippen molar-refractivity contribution in [3.8, 4) is 0 Å². The van der Waals surface area contributed by atoms with E-state index in [1.807, 2.05) is 114 Å². The summed E-state index contributed by atoms with van der Waals surface area (Å²) in [5.74, 6) is 0.104. The van der Waals surface area contributed by atoms with Gasteiger partial charge in [-0.15, -0.1) is 0 Å². The summed E-state index contributed by atoms with van der Waals surface area (Å²) in [5, 5.41) is 0. The average Bonchev–Trinajstić information content (AvgIpc) is 2.89. The zero-order chi connectivity index (χ0) is 30.9. The third kappa shape index (κ3) is 11.4. The van der Waals surface area contributed by atoms with E-state index in [1.54, 1.807) is 24.3 Å². The van der Waals surface area contributed by atoms with Gasteiger partial charge in [-0.2, -0.15) is 0 Å². The van der Waals surface area contributed by atoms with Crippen LogP contribution in [0.2, 0.25) is 0 Å². The molecule has 0 radical (unpaired) electrons. The molecule has 4 aromatic carbocycles. The van der Waals surface area contributed by atoms with Gasteiger partial charge in [0.25, 0.3) is 9.05 Å². The molecule has 0 fully saturated rings. The Hall–Kier alpha value is -2.97. The second-order valence-electron chi connectivity index (χ2n) is 11.2. The number of benzene rings is 4. The summed E-state index contributed by atoms with van der Waals surface area (Å²) in [7, 11) is -1.75. The molecule has 0 aliphatic heterocycles. The minimum atomic E-state index is -3.55. The van der Waals surface area contributed by atoms with Gasteiger partial charge in [-0.25, -0.2) is 16.8 Å². The summed E-state index contributed by atoms with van der Waals surface area (Å²) < 4.78 is 46.5. The molecule has 0 aliphatic carbocycles. The van der Waals surface area contributed by atoms with Gasteiger partial charge in [-0.3, -0.25) is 0 Å². The molecule has 4 rings (SSSR count). The van der Waals surface area contributed by atoms with Crippen molar-refractivity contribution in [2.45, 2.75) is 62.3 Å². The lowest BCUT2D eigenvalue weighted by Crippen LogP contribution is -2.28. The van der Waals surface area contributed by atoms with E-state index in [4.69, 9.17) is 16.4 Å². The smallest absolute Gasteiger partial charge is 0.261 e. The van der Waals surface area contributed by atoms with Crippen molar-refractivity contribution in [3.05, 3.63) is 131 Å². The van der Waals surface area contributed by atoms with E-state index >= 15 is 0 Å². The predicted molar refractivity (Wildman–Crippen MR) is 171 cm³/mol. The summed E-state index contributed by atoms with van der Waals surface area (Å²) >= 11 is 0. The number of halogens is 1. The van der Waals surface area contributed by atoms with Crippen LogP contribution in [0.5, 0.6) is 0 Å². The molecule has 0 saturated carbocycles. The fourth-order valence-electron chi connectivity index (χ4n) is 3.85. The fraction of sp³-hybridized carbons (Fsp3) is 0.273. The van der Waals surface area contributed by atoms with Gasteiger partial charge in [0.05, 0.1) is 15.5 Å². The molecule has 0 aliphatic rings. The summed E-state index contributed by atoms with van der Waals surface area (Å²) in [5.41, 5.74) is 9.52. The average molecular weight is 614 g/mol. The van der Waals surface area contributed by atoms with Crippen LogP contribution in [0.25, 0.3) is 0 Å². The third-order valence-electron chi connectivity index (χ3n) is 6.31. The number of rotatable bonds is 6. The van der Waals surface area contributed by atoms with Crippen molar-refractivity contribution in [3.63, 3.8) is 0 Å². The Morgan fingerprint density at radius 1 is 0.585 bits per heavy atom. The number of aryl methyl sites for hydroxylation is 2. The van der Waals surface area contributed by atoms with Gasteiger partial charge < -0.3 is 5.73 Å². The topological polar surface area (TPSA) is 94.3 Å². The maximum atomic E-state index is 12.5. The molecular formula is C33H40ClNO4S2. The van der Waals surface area contributed by atoms with Crippen molar-refractivity contribution < 1.29 is 16.8 Å². The first-order chi connectivity index (χ1) is 18.9. The molecule has 0 atom stereocenters. The lowest BCUT2D eigenvalue weighted by Gasteiger charge is -2.25. The molecule has 4 aromatic rings. The Kier molecular flexibility index (Phi) is 11.9. The third-order valence-corrected chi connectivity index (χ3v) is 9.77. The van der Waals surface area contributed by atoms with Crippen LogP contribution in [-0.4, -0.2) is 22.6 Å². The molecule has 0 heterocycles. The highest BCUT2D eigenvalue weighted by molar-refractivity contribution is 8.13. The van der Waals surface area contributed by atoms with Gasteiger partial charge >= 0.3 is 0 Å². The van der Waals surface area contributed by atoms with Crippen molar-refractivity contribution in [2.24, 2.45) is 5.73 Å². The first kappa shape index (κ1) is 34.2. The van der Waals surface area contributed by atoms with E-state index in [0.29, 0.717) is 4.90 Å². The molecule has 0 bridgehead atoms. The van der Waals surface area contributed by atoms with E-state index in [1.165, 1.54) is 17.7 Å². The van der Waals surface area contributed by atoms with Crippen LogP contribution in [-0.2, 0) is 29.8 Å². The summed E-state index contributed by atoms with van der Waals surface area (Å²) in [6, 6.07) is 33.3. The van der Waals surface area contributed by atoms with Crippen LogP contribution in [0.4, 0.5) is 0 Å². The SMILES string of the molecule is CC(C)(N)c1ccccc1.Cc1ccc(S(=O)(=O)CC(C)(C)c2ccccc2)cc1.Cc1ccc(S(=O)(=O)Cl)cc1. The zero-order valence-electron chi connectivity index (χ0n) is 24.5. The minimum Gasteiger partial charge on any atom is -0.322 e. The molecule has 0 amide bonds. The molecule has 41 heavy (non-hydrogen) atoms. The van der Waals surface area contributed by atoms with Crippen LogP contribution in [0.15, 0.2) is 119 Å². The number of sulfone groups is 1. The van der Waals surface area contributed by atoms with Crippen LogP contribution in [0.1, 0.15) is 49.9 Å². The molecule has 5 nitrogen and oxygen atoms in total. The maximum Gasteiger partial charge on any atom is 0.261 e. The number of hydrogen-bond donors (Lipinski definition) is 1. The zero-order valence-corrected chi connectivity index (χ0v) is 26.9. The van der Waals surface area contributed by atoms with Crippen LogP contribution >= 0.6 is 10.7 Å². The highest BCUT2D eigenvalue weighted by atomic mass is 35.7. The largest absolute Gasteiger partial charge is 0.322 e. The Balaban J connectivity index is 0.000000236. The van der Waals surface area contributed by atoms with Gasteiger partial charge in [0.1, 0.15) is 0 Å². The Bertz CT molecular complexity index is 1580. The van der Waals surface area contributed by atoms with Gasteiger partial charge in [-0.1, -0.05) is 110 Å². The van der Waals surface area contributed by atoms with E-state index in [-0.39, 0.29) is 16.2 Å². The highest BCUT2D eigenvalue weighted by Gasteiger charge is 2.29. The standard InChI is InChI=1S/C17H20O2S.C9H13N.C7H7ClO2S/c1-14-9-11-16(12-10-14)20(18,19)13-17(2,3)15-7-5-4-6-8-15;1-9(2,10)8-6-4-3-5-7-8;1-6-2-4-7(5-3-6)11(8,9)10/h4-12H,13H2,1-3H3;3-7H,10H2,1-2H3;2-5H,1H3. The van der Waals surface area contributed by atoms with Gasteiger partial charge in [0.2, 0.25) is 0 Å². The molecule has 0 spiro atoms. The van der Waals surface area contributed by atoms with E-state index in [0.717, 1.165) is 16.7 Å². The molecule has 220 valence electrons. The lowest BCUT2D eigenvalue weighted by atomic mass is 9.87. The maximum absolute atomic E-state index is 12.5. The fourth-order valence-corrected chi connectivity index (χ4v) is 6.45. The molecular weight excluding hydrogens is 574 g/mol. The summed E-state index contributed by atoms with van der Waals surface area (Å²) in [6.45, 7) is 11.8. The number of hydrogen-bond acceptors (Lipinski definition) is 5. The minimum absolute atomic E-state index is 0.104. The first-order valence-corrected chi connectivity index (χ1v) is 17.1. The first-order valence-electron chi connectivity index (χ1n) is 13.1. The normalized spacial score (nSPS) is 11.9. The molecule has 2 N–H and O–H groups in total. The predicted octanol–water partition coefficient (Wildman–Crippen LogP) is 7.55. The number of nitrogens with two attached hydrogens (primary N) is 1. The molecule has 8 heteroatoms. The lowest BCUT2D eigenvalue weighted by molar-refractivity contribution is 0.548. The molecule has 0 saturated heterocycles. The van der Waals surface area contributed by atoms with Gasteiger partial charge in [-0.05, 0) is 63.1 Å². The van der Waals surface area contributed by atoms with Gasteiger partial charge in [0.15, 0.2) is 9.84 Å². The van der Waals surface area contributed by atoms with Crippen molar-refractivity contribution in [2.75, 3.05) is 5.75 Å². The Morgan fingerprint density at radius 3 is 1.29 bits per heavy atom. The Morgan fingerprint density at radius 2 is 0.951 bits per heavy atom. The van der Waals surface area contributed by atoms with Crippen LogP contribution in [0, 0.1) is 13.8 Å². The van der Waals surface area contributed by atoms with Crippen molar-refractivity contribution >= 4 is 29.6 Å². The van der Waals surface area contributed by atoms with Gasteiger partial charge in [0, 0.05) is 21.6 Å². The van der Waals surface area contributed by atoms with E-state index < -0.39 is 24.3 Å². The second-order valence-corrected chi connectivity index (χ2v) is 15.7. The van der Waals surface area contributed by atoms with E-state index in [9.17, 15) is 16.8 Å². The van der Waals surface area contributed by atoms with E-state index in [2.05, 4.69) is 0 Å². The Labute approximate surface area is 250 Å². The van der Waals surface area contributed by atoms with Crippen LogP contribution in [0.3, 0.4) is 0 Å². The second kappa shape index (κ2) is 14.3. The van der Waals surface area contributed by atoms with Crippen molar-refractivity contribution in [1.82, 2.24) is 0 Å². The highest BCUT2D eigenvalue weighted by Crippen LogP contribution is 2.27. The summed E-state index contributed by atoms with van der Waals surface area (Å²) in [4.78, 5) is 0.539. The monoisotopic (exact) mass is 613 g/mol. The quantitative estimate of drug-likeness (QED) is 0.227. The molecule has 0 unspecified atom stereocenters. The molecule has 0 aromatic heterocycles. The van der Waals surface area contributed by atoms with Crippen molar-refractivity contribution in [1.29, 1.82) is 0 Å². The van der Waals surface area contributed by atoms with Crippen LogP contribution < -0.4 is 5.73 Å².